The van der Waals surface area contributed by atoms with E-state index in [0.717, 1.165) is 5.56 Å². The molecule has 0 unspecified atom stereocenters. The molecule has 1 aromatic rings. The first-order chi connectivity index (χ1) is 8.42. The molecule has 1 heterocycles. The highest BCUT2D eigenvalue weighted by Gasteiger charge is 2.35. The van der Waals surface area contributed by atoms with Gasteiger partial charge in [0.25, 0.3) is 5.91 Å². The number of carbonyl (C=O) groups is 1. The summed E-state index contributed by atoms with van der Waals surface area (Å²) in [6, 6.07) is 5.55. The van der Waals surface area contributed by atoms with Crippen LogP contribution in [0.2, 0.25) is 0 Å². The largest absolute Gasteiger partial charge is 0.398 e. The smallest absolute Gasteiger partial charge is 0.256 e. The number of nitrogen functional groups attached to an aromatic ring is 1. The van der Waals surface area contributed by atoms with Crippen LogP contribution in [0.1, 0.15) is 29.8 Å². The summed E-state index contributed by atoms with van der Waals surface area (Å²) in [6.45, 7) is 7.73. The number of ether oxygens (including phenoxy) is 1. The number of anilines is 1. The van der Waals surface area contributed by atoms with E-state index < -0.39 is 0 Å². The number of hydrogen-bond acceptors (Lipinski definition) is 3. The predicted molar refractivity (Wildman–Crippen MR) is 71.5 cm³/mol. The molecule has 1 aliphatic heterocycles. The lowest BCUT2D eigenvalue weighted by Crippen LogP contribution is -2.55. The average molecular weight is 248 g/mol. The maximum Gasteiger partial charge on any atom is 0.256 e. The standard InChI is InChI=1S/C14H20N2O2/c1-10-4-5-12(15)11(8-10)13(17)16-6-7-18-9-14(16,2)3/h4-5,8H,6-7,9,15H2,1-3H3. The van der Waals surface area contributed by atoms with E-state index in [0.29, 0.717) is 31.0 Å². The third kappa shape index (κ3) is 2.34. The van der Waals surface area contributed by atoms with E-state index in [2.05, 4.69) is 0 Å². The van der Waals surface area contributed by atoms with Gasteiger partial charge in [-0.3, -0.25) is 4.79 Å². The molecule has 1 aliphatic rings. The Morgan fingerprint density at radius 2 is 2.17 bits per heavy atom. The Morgan fingerprint density at radius 1 is 1.44 bits per heavy atom. The van der Waals surface area contributed by atoms with Crippen molar-refractivity contribution in [2.75, 3.05) is 25.5 Å². The lowest BCUT2D eigenvalue weighted by atomic mass is 9.99. The summed E-state index contributed by atoms with van der Waals surface area (Å²) in [5, 5.41) is 0. The Balaban J connectivity index is 2.33. The average Bonchev–Trinajstić information content (AvgIpc) is 2.31. The third-order valence-electron chi connectivity index (χ3n) is 3.33. The van der Waals surface area contributed by atoms with Crippen LogP contribution < -0.4 is 5.73 Å². The van der Waals surface area contributed by atoms with E-state index in [-0.39, 0.29) is 11.4 Å². The molecule has 0 aliphatic carbocycles. The van der Waals surface area contributed by atoms with Crippen LogP contribution in [-0.4, -0.2) is 36.1 Å². The summed E-state index contributed by atoms with van der Waals surface area (Å²) < 4.78 is 5.43. The second kappa shape index (κ2) is 4.61. The number of rotatable bonds is 1. The Bertz CT molecular complexity index is 469. The second-order valence-electron chi connectivity index (χ2n) is 5.41. The van der Waals surface area contributed by atoms with Crippen LogP contribution in [0.25, 0.3) is 0 Å². The van der Waals surface area contributed by atoms with Gasteiger partial charge in [0, 0.05) is 12.2 Å². The van der Waals surface area contributed by atoms with Gasteiger partial charge in [-0.15, -0.1) is 0 Å². The maximum atomic E-state index is 12.6. The molecule has 1 saturated heterocycles. The zero-order chi connectivity index (χ0) is 13.3. The number of carbonyl (C=O) groups excluding carboxylic acids is 1. The van der Waals surface area contributed by atoms with E-state index in [1.54, 1.807) is 6.07 Å². The molecule has 4 nitrogen and oxygen atoms in total. The number of hydrogen-bond donors (Lipinski definition) is 1. The van der Waals surface area contributed by atoms with Crippen molar-refractivity contribution in [1.82, 2.24) is 4.90 Å². The Hall–Kier alpha value is -1.55. The molecule has 1 fully saturated rings. The SMILES string of the molecule is Cc1ccc(N)c(C(=O)N2CCOCC2(C)C)c1. The van der Waals surface area contributed by atoms with Crippen LogP contribution in [0, 0.1) is 6.92 Å². The van der Waals surface area contributed by atoms with E-state index in [9.17, 15) is 4.79 Å². The normalized spacial score (nSPS) is 18.7. The summed E-state index contributed by atoms with van der Waals surface area (Å²) in [5.41, 5.74) is 7.78. The second-order valence-corrected chi connectivity index (χ2v) is 5.41. The highest BCUT2D eigenvalue weighted by molar-refractivity contribution is 5.99. The zero-order valence-corrected chi connectivity index (χ0v) is 11.2. The lowest BCUT2D eigenvalue weighted by Gasteiger charge is -2.42. The van der Waals surface area contributed by atoms with E-state index >= 15 is 0 Å². The van der Waals surface area contributed by atoms with Gasteiger partial charge in [0.2, 0.25) is 0 Å². The first kappa shape index (κ1) is 12.9. The molecule has 1 aromatic carbocycles. The van der Waals surface area contributed by atoms with E-state index in [1.807, 2.05) is 37.8 Å². The van der Waals surface area contributed by atoms with Crippen molar-refractivity contribution < 1.29 is 9.53 Å². The van der Waals surface area contributed by atoms with Gasteiger partial charge < -0.3 is 15.4 Å². The lowest BCUT2D eigenvalue weighted by molar-refractivity contribution is -0.0370. The monoisotopic (exact) mass is 248 g/mol. The minimum atomic E-state index is -0.286. The van der Waals surface area contributed by atoms with Gasteiger partial charge in [0.05, 0.1) is 24.3 Å². The molecule has 1 amide bonds. The Kier molecular flexibility index (Phi) is 3.30. The predicted octanol–water partition coefficient (Wildman–Crippen LogP) is 1.83. The molecule has 18 heavy (non-hydrogen) atoms. The molecule has 0 saturated carbocycles. The van der Waals surface area contributed by atoms with Crippen LogP contribution in [0.4, 0.5) is 5.69 Å². The summed E-state index contributed by atoms with van der Waals surface area (Å²) in [5.74, 6) is -0.00972. The van der Waals surface area contributed by atoms with Crippen molar-refractivity contribution in [3.05, 3.63) is 29.3 Å². The molecule has 2 rings (SSSR count). The third-order valence-corrected chi connectivity index (χ3v) is 3.33. The minimum absolute atomic E-state index is 0.00972. The number of benzene rings is 1. The first-order valence-corrected chi connectivity index (χ1v) is 6.18. The Labute approximate surface area is 108 Å². The quantitative estimate of drug-likeness (QED) is 0.771. The fourth-order valence-corrected chi connectivity index (χ4v) is 2.24. The van der Waals surface area contributed by atoms with Crippen LogP contribution in [0.3, 0.4) is 0 Å². The van der Waals surface area contributed by atoms with Crippen LogP contribution in [0.5, 0.6) is 0 Å². The molecular formula is C14H20N2O2. The zero-order valence-electron chi connectivity index (χ0n) is 11.2. The van der Waals surface area contributed by atoms with Gasteiger partial charge in [0.15, 0.2) is 0 Å². The highest BCUT2D eigenvalue weighted by Crippen LogP contribution is 2.24. The Morgan fingerprint density at radius 3 is 2.83 bits per heavy atom. The number of nitrogens with zero attached hydrogens (tertiary/aromatic N) is 1. The van der Waals surface area contributed by atoms with Crippen molar-refractivity contribution in [2.24, 2.45) is 0 Å². The van der Waals surface area contributed by atoms with Gasteiger partial charge in [-0.2, -0.15) is 0 Å². The molecule has 0 bridgehead atoms. The molecular weight excluding hydrogens is 228 g/mol. The summed E-state index contributed by atoms with van der Waals surface area (Å²) in [7, 11) is 0. The van der Waals surface area contributed by atoms with E-state index in [1.165, 1.54) is 0 Å². The summed E-state index contributed by atoms with van der Waals surface area (Å²) >= 11 is 0. The van der Waals surface area contributed by atoms with Gasteiger partial charge in [-0.1, -0.05) is 11.6 Å². The summed E-state index contributed by atoms with van der Waals surface area (Å²) in [6.07, 6.45) is 0. The number of aryl methyl sites for hydroxylation is 1. The van der Waals surface area contributed by atoms with Gasteiger partial charge >= 0.3 is 0 Å². The molecule has 0 aromatic heterocycles. The maximum absolute atomic E-state index is 12.6. The van der Waals surface area contributed by atoms with Crippen molar-refractivity contribution >= 4 is 11.6 Å². The number of morpholine rings is 1. The van der Waals surface area contributed by atoms with Gasteiger partial charge in [-0.25, -0.2) is 0 Å². The molecule has 0 atom stereocenters. The van der Waals surface area contributed by atoms with E-state index in [4.69, 9.17) is 10.5 Å². The molecule has 0 spiro atoms. The molecule has 4 heteroatoms. The first-order valence-electron chi connectivity index (χ1n) is 6.18. The fraction of sp³-hybridized carbons (Fsp3) is 0.500. The highest BCUT2D eigenvalue weighted by atomic mass is 16.5. The van der Waals surface area contributed by atoms with Gasteiger partial charge in [0.1, 0.15) is 0 Å². The summed E-state index contributed by atoms with van der Waals surface area (Å²) in [4.78, 5) is 14.4. The van der Waals surface area contributed by atoms with Crippen LogP contribution >= 0.6 is 0 Å². The molecule has 2 N–H and O–H groups in total. The molecule has 98 valence electrons. The van der Waals surface area contributed by atoms with Crippen LogP contribution in [-0.2, 0) is 4.74 Å². The van der Waals surface area contributed by atoms with Crippen LogP contribution in [0.15, 0.2) is 18.2 Å². The van der Waals surface area contributed by atoms with Crippen molar-refractivity contribution in [3.8, 4) is 0 Å². The molecule has 0 radical (unpaired) electrons. The van der Waals surface area contributed by atoms with Crippen molar-refractivity contribution in [3.63, 3.8) is 0 Å². The van der Waals surface area contributed by atoms with Crippen molar-refractivity contribution in [2.45, 2.75) is 26.3 Å². The van der Waals surface area contributed by atoms with Gasteiger partial charge in [-0.05, 0) is 32.9 Å². The minimum Gasteiger partial charge on any atom is -0.398 e. The topological polar surface area (TPSA) is 55.6 Å². The number of nitrogens with two attached hydrogens (primary N) is 1. The van der Waals surface area contributed by atoms with Crippen molar-refractivity contribution in [1.29, 1.82) is 0 Å². The fourth-order valence-electron chi connectivity index (χ4n) is 2.24. The number of amides is 1.